The summed E-state index contributed by atoms with van der Waals surface area (Å²) in [5.41, 5.74) is 1.89. The molecule has 1 heterocycles. The number of phenols is 1. The number of benzene rings is 1. The minimum Gasteiger partial charge on any atom is -0.508 e. The van der Waals surface area contributed by atoms with Crippen LogP contribution in [0, 0.1) is 6.92 Å². The smallest absolute Gasteiger partial charge is 0.136 e. The van der Waals surface area contributed by atoms with Gasteiger partial charge in [-0.15, -0.1) is 0 Å². The molecule has 1 saturated carbocycles. The Hall–Kier alpha value is -1.51. The average molecular weight is 218 g/mol. The van der Waals surface area contributed by atoms with Crippen molar-refractivity contribution in [3.8, 4) is 11.5 Å². The van der Waals surface area contributed by atoms with E-state index in [1.165, 1.54) is 0 Å². The Kier molecular flexibility index (Phi) is 1.96. The Labute approximate surface area is 94.0 Å². The number of fused-ring (bicyclic) bond motifs is 3. The number of aromatic hydroxyl groups is 1. The summed E-state index contributed by atoms with van der Waals surface area (Å²) in [5, 5.41) is 9.70. The molecule has 1 aromatic carbocycles. The van der Waals surface area contributed by atoms with E-state index in [2.05, 4.69) is 0 Å². The number of Topliss-reactive ketones (excluding diaryl/α,β-unsaturated/α-hetero) is 1. The fourth-order valence-corrected chi connectivity index (χ4v) is 2.69. The van der Waals surface area contributed by atoms with Gasteiger partial charge in [0.1, 0.15) is 23.4 Å². The normalized spacial score (nSPS) is 27.2. The highest BCUT2D eigenvalue weighted by Gasteiger charge is 2.39. The van der Waals surface area contributed by atoms with Crippen LogP contribution in [0.4, 0.5) is 0 Å². The van der Waals surface area contributed by atoms with Gasteiger partial charge in [-0.25, -0.2) is 0 Å². The Morgan fingerprint density at radius 2 is 2.25 bits per heavy atom. The number of ether oxygens (including phenoxy) is 1. The maximum Gasteiger partial charge on any atom is 0.136 e. The van der Waals surface area contributed by atoms with Crippen LogP contribution < -0.4 is 4.74 Å². The molecular formula is C13H14O3. The molecule has 3 heteroatoms. The second kappa shape index (κ2) is 3.24. The maximum atomic E-state index is 11.4. The Bertz CT molecular complexity index is 464. The molecule has 2 aliphatic rings. The lowest BCUT2D eigenvalue weighted by Gasteiger charge is -2.22. The van der Waals surface area contributed by atoms with Gasteiger partial charge in [0.2, 0.25) is 0 Å². The minimum absolute atomic E-state index is 0.00236. The van der Waals surface area contributed by atoms with Crippen LogP contribution >= 0.6 is 0 Å². The van der Waals surface area contributed by atoms with Crippen molar-refractivity contribution in [1.82, 2.24) is 0 Å². The zero-order chi connectivity index (χ0) is 11.3. The van der Waals surface area contributed by atoms with Crippen LogP contribution in [-0.4, -0.2) is 17.0 Å². The first-order chi connectivity index (χ1) is 7.65. The molecule has 1 aromatic rings. The number of carbonyl (C=O) groups is 1. The molecular weight excluding hydrogens is 204 g/mol. The highest BCUT2D eigenvalue weighted by Crippen LogP contribution is 2.46. The quantitative estimate of drug-likeness (QED) is 0.726. The Morgan fingerprint density at radius 3 is 3.06 bits per heavy atom. The van der Waals surface area contributed by atoms with Crippen LogP contribution in [0.15, 0.2) is 12.1 Å². The van der Waals surface area contributed by atoms with Crippen molar-refractivity contribution >= 4 is 5.78 Å². The van der Waals surface area contributed by atoms with Crippen molar-refractivity contribution in [3.63, 3.8) is 0 Å². The molecule has 0 aromatic heterocycles. The second-order valence-electron chi connectivity index (χ2n) is 4.72. The third kappa shape index (κ3) is 1.31. The number of aryl methyl sites for hydroxylation is 1. The molecule has 0 radical (unpaired) electrons. The van der Waals surface area contributed by atoms with Crippen LogP contribution in [0.2, 0.25) is 0 Å². The van der Waals surface area contributed by atoms with E-state index in [0.717, 1.165) is 23.3 Å². The van der Waals surface area contributed by atoms with E-state index in [-0.39, 0.29) is 11.9 Å². The van der Waals surface area contributed by atoms with Crippen molar-refractivity contribution in [2.45, 2.75) is 38.2 Å². The van der Waals surface area contributed by atoms with Crippen LogP contribution in [0.5, 0.6) is 11.5 Å². The molecule has 0 saturated heterocycles. The van der Waals surface area contributed by atoms with E-state index in [0.29, 0.717) is 24.5 Å². The first-order valence-corrected chi connectivity index (χ1v) is 5.67. The van der Waals surface area contributed by atoms with Crippen molar-refractivity contribution in [1.29, 1.82) is 0 Å². The van der Waals surface area contributed by atoms with E-state index < -0.39 is 0 Å². The van der Waals surface area contributed by atoms with Gasteiger partial charge in [0.15, 0.2) is 0 Å². The van der Waals surface area contributed by atoms with Crippen LogP contribution in [0.1, 0.15) is 36.3 Å². The van der Waals surface area contributed by atoms with Crippen molar-refractivity contribution < 1.29 is 14.6 Å². The van der Waals surface area contributed by atoms with Crippen molar-refractivity contribution in [2.24, 2.45) is 0 Å². The number of hydrogen-bond donors (Lipinski definition) is 1. The van der Waals surface area contributed by atoms with Crippen LogP contribution in [-0.2, 0) is 4.79 Å². The van der Waals surface area contributed by atoms with Gasteiger partial charge in [-0.3, -0.25) is 4.79 Å². The average Bonchev–Trinajstić information content (AvgIpc) is 2.55. The van der Waals surface area contributed by atoms with Gasteiger partial charge in [-0.2, -0.15) is 0 Å². The summed E-state index contributed by atoms with van der Waals surface area (Å²) < 4.78 is 5.79. The third-order valence-electron chi connectivity index (χ3n) is 3.62. The third-order valence-corrected chi connectivity index (χ3v) is 3.62. The second-order valence-corrected chi connectivity index (χ2v) is 4.72. The summed E-state index contributed by atoms with van der Waals surface area (Å²) >= 11 is 0. The zero-order valence-electron chi connectivity index (χ0n) is 9.19. The van der Waals surface area contributed by atoms with E-state index in [9.17, 15) is 9.90 Å². The molecule has 2 unspecified atom stereocenters. The molecule has 16 heavy (non-hydrogen) atoms. The molecule has 1 fully saturated rings. The summed E-state index contributed by atoms with van der Waals surface area (Å²) in [4.78, 5) is 11.4. The minimum atomic E-state index is -0.00236. The number of hydrogen-bond acceptors (Lipinski definition) is 3. The molecule has 0 amide bonds. The van der Waals surface area contributed by atoms with Crippen molar-refractivity contribution in [2.75, 3.05) is 0 Å². The summed E-state index contributed by atoms with van der Waals surface area (Å²) in [6.07, 6.45) is 1.99. The summed E-state index contributed by atoms with van der Waals surface area (Å²) in [6, 6.07) is 3.67. The number of ketones is 1. The van der Waals surface area contributed by atoms with Gasteiger partial charge in [0, 0.05) is 24.3 Å². The highest BCUT2D eigenvalue weighted by molar-refractivity contribution is 5.80. The van der Waals surface area contributed by atoms with Gasteiger partial charge in [-0.05, 0) is 31.0 Å². The first kappa shape index (κ1) is 9.70. The molecule has 0 spiro atoms. The van der Waals surface area contributed by atoms with Gasteiger partial charge in [0.05, 0.1) is 0 Å². The predicted molar refractivity (Wildman–Crippen MR) is 58.9 cm³/mol. The topological polar surface area (TPSA) is 46.5 Å². The SMILES string of the molecule is Cc1cc2c(cc1O)C1CCC(=O)CC1O2. The van der Waals surface area contributed by atoms with E-state index in [1.807, 2.05) is 13.0 Å². The van der Waals surface area contributed by atoms with E-state index in [1.54, 1.807) is 6.07 Å². The number of phenolic OH excluding ortho intramolecular Hbond substituents is 1. The fourth-order valence-electron chi connectivity index (χ4n) is 2.69. The van der Waals surface area contributed by atoms with Gasteiger partial charge >= 0.3 is 0 Å². The molecule has 1 aliphatic heterocycles. The Morgan fingerprint density at radius 1 is 1.44 bits per heavy atom. The molecule has 84 valence electrons. The monoisotopic (exact) mass is 218 g/mol. The largest absolute Gasteiger partial charge is 0.508 e. The first-order valence-electron chi connectivity index (χ1n) is 5.67. The lowest BCUT2D eigenvalue weighted by Crippen LogP contribution is -2.27. The predicted octanol–water partition coefficient (Wildman–Crippen LogP) is 2.30. The highest BCUT2D eigenvalue weighted by atomic mass is 16.5. The maximum absolute atomic E-state index is 11.4. The zero-order valence-corrected chi connectivity index (χ0v) is 9.19. The molecule has 2 atom stereocenters. The van der Waals surface area contributed by atoms with Gasteiger partial charge < -0.3 is 9.84 Å². The van der Waals surface area contributed by atoms with E-state index >= 15 is 0 Å². The van der Waals surface area contributed by atoms with Gasteiger partial charge in [-0.1, -0.05) is 0 Å². The molecule has 3 nitrogen and oxygen atoms in total. The molecule has 1 aliphatic carbocycles. The van der Waals surface area contributed by atoms with Crippen LogP contribution in [0.25, 0.3) is 0 Å². The summed E-state index contributed by atoms with van der Waals surface area (Å²) in [6.45, 7) is 1.85. The summed E-state index contributed by atoms with van der Waals surface area (Å²) in [7, 11) is 0. The number of rotatable bonds is 0. The molecule has 3 rings (SSSR count). The summed E-state index contributed by atoms with van der Waals surface area (Å²) in [5.74, 6) is 1.74. The van der Waals surface area contributed by atoms with Crippen molar-refractivity contribution in [3.05, 3.63) is 23.3 Å². The van der Waals surface area contributed by atoms with Crippen LogP contribution in [0.3, 0.4) is 0 Å². The number of carbonyl (C=O) groups excluding carboxylic acids is 1. The van der Waals surface area contributed by atoms with E-state index in [4.69, 9.17) is 4.74 Å². The lowest BCUT2D eigenvalue weighted by molar-refractivity contribution is -0.122. The molecule has 0 bridgehead atoms. The fraction of sp³-hybridized carbons (Fsp3) is 0.462. The lowest BCUT2D eigenvalue weighted by atomic mass is 9.82. The molecule has 1 N–H and O–H groups in total. The standard InChI is InChI=1S/C13H14O3/c1-7-4-12-10(6-11(7)15)9-3-2-8(14)5-13(9)16-12/h4,6,9,13,15H,2-3,5H2,1H3. The van der Waals surface area contributed by atoms with Gasteiger partial charge in [0.25, 0.3) is 0 Å². The Balaban J connectivity index is 2.02.